The van der Waals surface area contributed by atoms with Crippen LogP contribution in [0.5, 0.6) is 0 Å². The molecular weight excluding hydrogens is 227 g/mol. The number of hydrogen-bond donors (Lipinski definition) is 0. The van der Waals surface area contributed by atoms with Gasteiger partial charge in [0.25, 0.3) is 0 Å². The summed E-state index contributed by atoms with van der Waals surface area (Å²) in [5, 5.41) is 0. The van der Waals surface area contributed by atoms with Crippen LogP contribution in [0.15, 0.2) is 24.3 Å². The normalized spacial score (nSPS) is 29.4. The second-order valence-electron chi connectivity index (χ2n) is 5.70. The van der Waals surface area contributed by atoms with Gasteiger partial charge in [0.1, 0.15) is 5.82 Å². The van der Waals surface area contributed by atoms with Gasteiger partial charge in [-0.3, -0.25) is 9.80 Å². The summed E-state index contributed by atoms with van der Waals surface area (Å²) in [5.74, 6) is -0.125. The summed E-state index contributed by atoms with van der Waals surface area (Å²) in [4.78, 5) is 5.12. The second kappa shape index (κ2) is 4.98. The number of rotatable bonds is 2. The zero-order valence-corrected chi connectivity index (χ0v) is 11.0. The Bertz CT molecular complexity index is 421. The van der Waals surface area contributed by atoms with Crippen molar-refractivity contribution in [1.29, 1.82) is 0 Å². The summed E-state index contributed by atoms with van der Waals surface area (Å²) in [7, 11) is 0. The molecule has 2 saturated heterocycles. The van der Waals surface area contributed by atoms with E-state index in [9.17, 15) is 4.39 Å². The fourth-order valence-corrected chi connectivity index (χ4v) is 3.34. The molecule has 3 heteroatoms. The Hall–Kier alpha value is -0.930. The molecule has 2 aliphatic rings. The summed E-state index contributed by atoms with van der Waals surface area (Å²) in [5.41, 5.74) is 1.09. The minimum Gasteiger partial charge on any atom is -0.298 e. The van der Waals surface area contributed by atoms with Gasteiger partial charge in [0, 0.05) is 31.7 Å². The SMILES string of the molecule is C[C@@H]1CN2CCCC2CN1Cc1cccc(F)c1. The first kappa shape index (κ1) is 12.1. The number of piperazine rings is 1. The molecule has 2 fully saturated rings. The maximum Gasteiger partial charge on any atom is 0.123 e. The van der Waals surface area contributed by atoms with E-state index in [2.05, 4.69) is 16.7 Å². The summed E-state index contributed by atoms with van der Waals surface area (Å²) < 4.78 is 13.2. The van der Waals surface area contributed by atoms with Gasteiger partial charge < -0.3 is 0 Å². The number of hydrogen-bond acceptors (Lipinski definition) is 2. The van der Waals surface area contributed by atoms with Crippen LogP contribution in [0.3, 0.4) is 0 Å². The van der Waals surface area contributed by atoms with Gasteiger partial charge in [0.2, 0.25) is 0 Å². The van der Waals surface area contributed by atoms with Crippen molar-refractivity contribution in [3.05, 3.63) is 35.6 Å². The zero-order valence-electron chi connectivity index (χ0n) is 11.0. The largest absolute Gasteiger partial charge is 0.298 e. The molecule has 0 amide bonds. The number of fused-ring (bicyclic) bond motifs is 1. The molecule has 2 nitrogen and oxygen atoms in total. The molecule has 3 rings (SSSR count). The lowest BCUT2D eigenvalue weighted by Crippen LogP contribution is -2.54. The predicted molar refractivity (Wildman–Crippen MR) is 70.9 cm³/mol. The number of halogens is 1. The molecule has 0 bridgehead atoms. The molecule has 0 aliphatic carbocycles. The van der Waals surface area contributed by atoms with Crippen LogP contribution in [0, 0.1) is 5.82 Å². The van der Waals surface area contributed by atoms with Crippen molar-refractivity contribution in [1.82, 2.24) is 9.80 Å². The van der Waals surface area contributed by atoms with Crippen molar-refractivity contribution in [3.63, 3.8) is 0 Å². The topological polar surface area (TPSA) is 6.48 Å². The molecule has 2 aliphatic heterocycles. The van der Waals surface area contributed by atoms with Crippen LogP contribution in [0.25, 0.3) is 0 Å². The first-order chi connectivity index (χ1) is 8.72. The van der Waals surface area contributed by atoms with Gasteiger partial charge in [-0.15, -0.1) is 0 Å². The zero-order chi connectivity index (χ0) is 12.5. The highest BCUT2D eigenvalue weighted by atomic mass is 19.1. The van der Waals surface area contributed by atoms with Crippen molar-refractivity contribution in [2.24, 2.45) is 0 Å². The molecule has 0 aromatic heterocycles. The predicted octanol–water partition coefficient (Wildman–Crippen LogP) is 2.49. The Morgan fingerprint density at radius 2 is 2.22 bits per heavy atom. The summed E-state index contributed by atoms with van der Waals surface area (Å²) >= 11 is 0. The van der Waals surface area contributed by atoms with E-state index in [-0.39, 0.29) is 5.82 Å². The third-order valence-corrected chi connectivity index (χ3v) is 4.34. The summed E-state index contributed by atoms with van der Waals surface area (Å²) in [6.45, 7) is 6.73. The van der Waals surface area contributed by atoms with Crippen molar-refractivity contribution >= 4 is 0 Å². The van der Waals surface area contributed by atoms with E-state index in [1.54, 1.807) is 12.1 Å². The molecule has 1 aromatic carbocycles. The third-order valence-electron chi connectivity index (χ3n) is 4.34. The van der Waals surface area contributed by atoms with Gasteiger partial charge in [-0.1, -0.05) is 12.1 Å². The highest BCUT2D eigenvalue weighted by Gasteiger charge is 2.34. The van der Waals surface area contributed by atoms with Gasteiger partial charge in [-0.2, -0.15) is 0 Å². The van der Waals surface area contributed by atoms with Crippen LogP contribution in [0.4, 0.5) is 4.39 Å². The van der Waals surface area contributed by atoms with Crippen molar-refractivity contribution in [3.8, 4) is 0 Å². The summed E-state index contributed by atoms with van der Waals surface area (Å²) in [6, 6.07) is 8.31. The highest BCUT2D eigenvalue weighted by molar-refractivity contribution is 5.16. The minimum atomic E-state index is -0.125. The standard InChI is InChI=1S/C15H21FN2/c1-12-9-17-7-3-6-15(17)11-18(12)10-13-4-2-5-14(16)8-13/h2,4-5,8,12,15H,3,6-7,9-11H2,1H3/t12-,15?/m1/s1. The Balaban J connectivity index is 1.68. The van der Waals surface area contributed by atoms with E-state index in [4.69, 9.17) is 0 Å². The summed E-state index contributed by atoms with van der Waals surface area (Å²) in [6.07, 6.45) is 2.66. The van der Waals surface area contributed by atoms with E-state index >= 15 is 0 Å². The third kappa shape index (κ3) is 2.43. The number of benzene rings is 1. The molecule has 1 aromatic rings. The Kier molecular flexibility index (Phi) is 3.35. The van der Waals surface area contributed by atoms with Crippen molar-refractivity contribution < 1.29 is 4.39 Å². The van der Waals surface area contributed by atoms with E-state index in [0.717, 1.165) is 24.7 Å². The smallest absolute Gasteiger partial charge is 0.123 e. The molecule has 1 unspecified atom stereocenters. The van der Waals surface area contributed by atoms with Crippen LogP contribution in [0.2, 0.25) is 0 Å². The molecule has 0 radical (unpaired) electrons. The first-order valence-corrected chi connectivity index (χ1v) is 6.95. The molecule has 98 valence electrons. The fourth-order valence-electron chi connectivity index (χ4n) is 3.34. The average Bonchev–Trinajstić information content (AvgIpc) is 2.76. The lowest BCUT2D eigenvalue weighted by Gasteiger charge is -2.42. The molecule has 0 N–H and O–H groups in total. The molecular formula is C15H21FN2. The minimum absolute atomic E-state index is 0.125. The maximum absolute atomic E-state index is 13.2. The van der Waals surface area contributed by atoms with E-state index < -0.39 is 0 Å². The lowest BCUT2D eigenvalue weighted by molar-refractivity contribution is 0.0540. The molecule has 0 saturated carbocycles. The molecule has 18 heavy (non-hydrogen) atoms. The first-order valence-electron chi connectivity index (χ1n) is 6.95. The van der Waals surface area contributed by atoms with Gasteiger partial charge in [-0.25, -0.2) is 4.39 Å². The quantitative estimate of drug-likeness (QED) is 0.793. The van der Waals surface area contributed by atoms with E-state index in [0.29, 0.717) is 6.04 Å². The second-order valence-corrected chi connectivity index (χ2v) is 5.70. The van der Waals surface area contributed by atoms with E-state index in [1.807, 2.05) is 6.07 Å². The fraction of sp³-hybridized carbons (Fsp3) is 0.600. The Morgan fingerprint density at radius 3 is 3.06 bits per heavy atom. The van der Waals surface area contributed by atoms with Gasteiger partial charge in [0.15, 0.2) is 0 Å². The van der Waals surface area contributed by atoms with E-state index in [1.165, 1.54) is 32.0 Å². The van der Waals surface area contributed by atoms with Gasteiger partial charge >= 0.3 is 0 Å². The number of nitrogens with zero attached hydrogens (tertiary/aromatic N) is 2. The molecule has 2 heterocycles. The van der Waals surface area contributed by atoms with Crippen LogP contribution in [-0.4, -0.2) is 41.5 Å². The van der Waals surface area contributed by atoms with Crippen LogP contribution < -0.4 is 0 Å². The van der Waals surface area contributed by atoms with Gasteiger partial charge in [-0.05, 0) is 44.0 Å². The molecule has 0 spiro atoms. The van der Waals surface area contributed by atoms with Crippen molar-refractivity contribution in [2.45, 2.75) is 38.4 Å². The average molecular weight is 248 g/mol. The van der Waals surface area contributed by atoms with Gasteiger partial charge in [0.05, 0.1) is 0 Å². The van der Waals surface area contributed by atoms with Crippen LogP contribution in [-0.2, 0) is 6.54 Å². The lowest BCUT2D eigenvalue weighted by atomic mass is 10.1. The van der Waals surface area contributed by atoms with Crippen molar-refractivity contribution in [2.75, 3.05) is 19.6 Å². The van der Waals surface area contributed by atoms with Crippen LogP contribution in [0.1, 0.15) is 25.3 Å². The Morgan fingerprint density at radius 1 is 1.33 bits per heavy atom. The van der Waals surface area contributed by atoms with Crippen LogP contribution >= 0.6 is 0 Å². The highest BCUT2D eigenvalue weighted by Crippen LogP contribution is 2.25. The maximum atomic E-state index is 13.2. The monoisotopic (exact) mass is 248 g/mol. The Labute approximate surface area is 108 Å². The molecule has 2 atom stereocenters.